The maximum Gasteiger partial charge on any atom is 0.513 e. The van der Waals surface area contributed by atoms with Crippen molar-refractivity contribution in [3.63, 3.8) is 0 Å². The first-order valence-electron chi connectivity index (χ1n) is 10.4. The van der Waals surface area contributed by atoms with Crippen molar-refractivity contribution in [3.05, 3.63) is 63.7 Å². The average Bonchev–Trinajstić information content (AvgIpc) is 3.44. The van der Waals surface area contributed by atoms with Crippen LogP contribution in [0.1, 0.15) is 23.9 Å². The van der Waals surface area contributed by atoms with Gasteiger partial charge in [0.25, 0.3) is 5.92 Å². The molecule has 2 aliphatic heterocycles. The lowest BCUT2D eigenvalue weighted by Crippen LogP contribution is -2.46. The molecule has 13 heteroatoms. The van der Waals surface area contributed by atoms with Crippen LogP contribution in [0.2, 0.25) is 0 Å². The van der Waals surface area contributed by atoms with Crippen molar-refractivity contribution in [2.75, 3.05) is 20.2 Å². The molecule has 0 amide bonds. The molecule has 9 nitrogen and oxygen atoms in total. The zero-order chi connectivity index (χ0) is 25.4. The topological polar surface area (TPSA) is 113 Å². The normalized spacial score (nSPS) is 24.0. The Morgan fingerprint density at radius 1 is 1.31 bits per heavy atom. The van der Waals surface area contributed by atoms with Crippen molar-refractivity contribution >= 4 is 29.3 Å². The lowest BCUT2D eigenvalue weighted by molar-refractivity contribution is -0.142. The molecule has 2 aliphatic rings. The number of carboxylic acid groups (broad SMARTS) is 1. The minimum atomic E-state index is -3.21. The Bertz CT molecular complexity index is 1190. The molecular formula is C22H21F3N4O5S. The number of amidine groups is 1. The number of carbonyl (C=O) groups is 2. The number of hydrogen-bond donors (Lipinski definition) is 2. The van der Waals surface area contributed by atoms with Crippen LogP contribution in [0.15, 0.2) is 52.3 Å². The molecule has 4 rings (SSSR count). The zero-order valence-corrected chi connectivity index (χ0v) is 19.4. The van der Waals surface area contributed by atoms with Crippen LogP contribution < -0.4 is 5.32 Å². The van der Waals surface area contributed by atoms with Crippen LogP contribution in [0.4, 0.5) is 18.0 Å². The third kappa shape index (κ3) is 5.00. The van der Waals surface area contributed by atoms with Gasteiger partial charge in [-0.15, -0.1) is 11.3 Å². The summed E-state index contributed by atoms with van der Waals surface area (Å²) in [5.41, 5.74) is -0.900. The number of methoxy groups -OCH3 is 1. The van der Waals surface area contributed by atoms with Gasteiger partial charge in [-0.05, 0) is 24.6 Å². The predicted octanol–water partition coefficient (Wildman–Crippen LogP) is 3.34. The Morgan fingerprint density at radius 2 is 2.03 bits per heavy atom. The van der Waals surface area contributed by atoms with E-state index < -0.39 is 48.4 Å². The number of ether oxygens (including phenoxy) is 2. The highest BCUT2D eigenvalue weighted by Crippen LogP contribution is 2.40. The Hall–Kier alpha value is -3.45. The van der Waals surface area contributed by atoms with Crippen LogP contribution in [0.25, 0.3) is 0 Å². The van der Waals surface area contributed by atoms with E-state index in [9.17, 15) is 27.9 Å². The van der Waals surface area contributed by atoms with Crippen LogP contribution in [0, 0.1) is 5.82 Å². The molecule has 1 fully saturated rings. The van der Waals surface area contributed by atoms with Gasteiger partial charge in [0.05, 0.1) is 19.4 Å². The number of benzene rings is 1. The molecule has 1 unspecified atom stereocenters. The molecule has 3 heterocycles. The minimum absolute atomic E-state index is 0.101. The standard InChI is InChI=1S/C22H21F3N4O5S/c1-21(12-3-5-13(23)6-4-12)16(34-20(32)33-2)14(27-17(28-21)18-26-7-8-35-18)10-29-11-22(24,25)9-15(29)19(30)31/h3-8,15H,9-11H2,1-2H3,(H,27,28)(H,30,31)/t15-,21?/m0/s1. The number of likely N-dealkylation sites (tertiary alicyclic amines) is 1. The number of aromatic nitrogens is 1. The summed E-state index contributed by atoms with van der Waals surface area (Å²) in [4.78, 5) is 33.9. The number of alkyl halides is 2. The first-order valence-corrected chi connectivity index (χ1v) is 11.3. The summed E-state index contributed by atoms with van der Waals surface area (Å²) in [6.07, 6.45) is -0.405. The van der Waals surface area contributed by atoms with E-state index in [2.05, 4.69) is 20.0 Å². The van der Waals surface area contributed by atoms with Gasteiger partial charge in [-0.3, -0.25) is 9.69 Å². The molecule has 1 saturated heterocycles. The second-order valence-electron chi connectivity index (χ2n) is 8.18. The molecule has 1 aromatic carbocycles. The van der Waals surface area contributed by atoms with E-state index in [0.29, 0.717) is 10.6 Å². The fourth-order valence-corrected chi connectivity index (χ4v) is 4.68. The Labute approximate surface area is 201 Å². The summed E-state index contributed by atoms with van der Waals surface area (Å²) < 4.78 is 52.1. The van der Waals surface area contributed by atoms with Crippen LogP contribution >= 0.6 is 11.3 Å². The van der Waals surface area contributed by atoms with Gasteiger partial charge in [-0.25, -0.2) is 27.9 Å². The number of nitrogens with one attached hydrogen (secondary N) is 1. The molecule has 186 valence electrons. The molecule has 0 aliphatic carbocycles. The number of halogens is 3. The molecule has 2 N–H and O–H groups in total. The fraction of sp³-hybridized carbons (Fsp3) is 0.364. The first kappa shape index (κ1) is 24.7. The Morgan fingerprint density at radius 3 is 2.63 bits per heavy atom. The van der Waals surface area contributed by atoms with Crippen molar-refractivity contribution < 1.29 is 37.3 Å². The third-order valence-electron chi connectivity index (χ3n) is 5.73. The monoisotopic (exact) mass is 510 g/mol. The molecule has 35 heavy (non-hydrogen) atoms. The highest BCUT2D eigenvalue weighted by molar-refractivity contribution is 7.11. The second kappa shape index (κ2) is 9.30. The van der Waals surface area contributed by atoms with Gasteiger partial charge in [0, 0.05) is 24.5 Å². The van der Waals surface area contributed by atoms with Gasteiger partial charge in [0.15, 0.2) is 16.6 Å². The average molecular weight is 510 g/mol. The maximum absolute atomic E-state index is 14.2. The van der Waals surface area contributed by atoms with Gasteiger partial charge in [-0.1, -0.05) is 12.1 Å². The Kier molecular flexibility index (Phi) is 6.56. The summed E-state index contributed by atoms with van der Waals surface area (Å²) in [6.45, 7) is 0.456. The number of rotatable bonds is 6. The molecule has 2 atom stereocenters. The highest BCUT2D eigenvalue weighted by atomic mass is 32.1. The van der Waals surface area contributed by atoms with Gasteiger partial charge >= 0.3 is 12.1 Å². The van der Waals surface area contributed by atoms with Crippen molar-refractivity contribution in [1.29, 1.82) is 0 Å². The number of hydrogen-bond acceptors (Lipinski definition) is 9. The van der Waals surface area contributed by atoms with E-state index in [0.717, 1.165) is 12.0 Å². The number of aliphatic carboxylic acids is 1. The first-order chi connectivity index (χ1) is 16.5. The van der Waals surface area contributed by atoms with Crippen LogP contribution in [0.5, 0.6) is 0 Å². The minimum Gasteiger partial charge on any atom is -0.480 e. The number of nitrogens with zero attached hydrogens (tertiary/aromatic N) is 3. The largest absolute Gasteiger partial charge is 0.513 e. The van der Waals surface area contributed by atoms with Gasteiger partial charge in [0.2, 0.25) is 0 Å². The summed E-state index contributed by atoms with van der Waals surface area (Å²) in [5, 5.41) is 14.7. The van der Waals surface area contributed by atoms with E-state index in [-0.39, 0.29) is 23.8 Å². The summed E-state index contributed by atoms with van der Waals surface area (Å²) in [5.74, 6) is -4.97. The summed E-state index contributed by atoms with van der Waals surface area (Å²) in [6, 6.07) is 3.85. The summed E-state index contributed by atoms with van der Waals surface area (Å²) >= 11 is 1.25. The molecular weight excluding hydrogens is 489 g/mol. The van der Waals surface area contributed by atoms with E-state index in [1.165, 1.54) is 35.6 Å². The van der Waals surface area contributed by atoms with Crippen LogP contribution in [0.3, 0.4) is 0 Å². The lowest BCUT2D eigenvalue weighted by atomic mass is 9.88. The van der Waals surface area contributed by atoms with Gasteiger partial charge in [0.1, 0.15) is 17.4 Å². The maximum atomic E-state index is 14.2. The zero-order valence-electron chi connectivity index (χ0n) is 18.6. The molecule has 0 saturated carbocycles. The van der Waals surface area contributed by atoms with Gasteiger partial charge < -0.3 is 19.9 Å². The quantitative estimate of drug-likeness (QED) is 0.569. The van der Waals surface area contributed by atoms with E-state index in [1.807, 2.05) is 0 Å². The smallest absolute Gasteiger partial charge is 0.480 e. The lowest BCUT2D eigenvalue weighted by Gasteiger charge is -2.36. The van der Waals surface area contributed by atoms with Crippen molar-refractivity contribution in [1.82, 2.24) is 15.2 Å². The third-order valence-corrected chi connectivity index (χ3v) is 6.51. The highest BCUT2D eigenvalue weighted by Gasteiger charge is 2.50. The molecule has 0 spiro atoms. The number of thiazole rings is 1. The van der Waals surface area contributed by atoms with Crippen molar-refractivity contribution in [3.8, 4) is 0 Å². The van der Waals surface area contributed by atoms with E-state index in [1.54, 1.807) is 18.5 Å². The van der Waals surface area contributed by atoms with Gasteiger partial charge in [-0.2, -0.15) is 0 Å². The van der Waals surface area contributed by atoms with Crippen molar-refractivity contribution in [2.24, 2.45) is 4.99 Å². The summed E-state index contributed by atoms with van der Waals surface area (Å²) in [7, 11) is 1.10. The van der Waals surface area contributed by atoms with Crippen LogP contribution in [-0.4, -0.2) is 65.1 Å². The molecule has 0 radical (unpaired) electrons. The number of carbonyl (C=O) groups excluding carboxylic acids is 1. The van der Waals surface area contributed by atoms with Crippen molar-refractivity contribution in [2.45, 2.75) is 30.8 Å². The number of aliphatic imine (C=N–C) groups is 1. The Balaban J connectivity index is 1.85. The van der Waals surface area contributed by atoms with E-state index >= 15 is 0 Å². The van der Waals surface area contributed by atoms with Crippen LogP contribution in [-0.2, 0) is 19.8 Å². The second-order valence-corrected chi connectivity index (χ2v) is 9.08. The predicted molar refractivity (Wildman–Crippen MR) is 119 cm³/mol. The fourth-order valence-electron chi connectivity index (χ4n) is 4.10. The van der Waals surface area contributed by atoms with E-state index in [4.69, 9.17) is 4.74 Å². The molecule has 2 aromatic rings. The number of carboxylic acids is 1. The molecule has 0 bridgehead atoms. The molecule has 1 aromatic heterocycles. The SMILES string of the molecule is COC(=O)OC1=C(CN2CC(F)(F)C[C@H]2C(=O)O)NC(c2nccs2)=NC1(C)c1ccc(F)cc1.